The average Bonchev–Trinajstić information content (AvgIpc) is 3.68. The van der Waals surface area contributed by atoms with Crippen LogP contribution in [0.1, 0.15) is 0 Å². The van der Waals surface area contributed by atoms with Crippen molar-refractivity contribution in [3.05, 3.63) is 194 Å². The fourth-order valence-electron chi connectivity index (χ4n) is 7.93. The third-order valence-corrected chi connectivity index (χ3v) is 12.0. The number of fused-ring (bicyclic) bond motifs is 7. The first kappa shape index (κ1) is 33.0. The molecule has 57 heavy (non-hydrogen) atoms. The van der Waals surface area contributed by atoms with E-state index in [2.05, 4.69) is 163 Å². The van der Waals surface area contributed by atoms with E-state index in [1.54, 1.807) is 6.20 Å². The summed E-state index contributed by atoms with van der Waals surface area (Å²) in [4.78, 5) is 20.0. The minimum absolute atomic E-state index is 0.660. The molecule has 0 aliphatic carbocycles. The van der Waals surface area contributed by atoms with Crippen LogP contribution >= 0.6 is 11.3 Å². The fourth-order valence-corrected chi connectivity index (χ4v) is 9.19. The van der Waals surface area contributed by atoms with Crippen molar-refractivity contribution >= 4 is 53.2 Å². The fraction of sp³-hybridized carbons (Fsp3) is 0. The molecule has 0 N–H and O–H groups in total. The molecule has 0 fully saturated rings. The zero-order valence-electron chi connectivity index (χ0n) is 30.7. The molecule has 7 aromatic carbocycles. The quantitative estimate of drug-likeness (QED) is 0.159. The summed E-state index contributed by atoms with van der Waals surface area (Å²) >= 11 is 1.87. The predicted octanol–water partition coefficient (Wildman–Crippen LogP) is 13.9. The van der Waals surface area contributed by atoms with Gasteiger partial charge in [0.15, 0.2) is 5.82 Å². The SMILES string of the molecule is c1ccc(-c2ccc(-c3nc(-c4ccc(-c5cccc(-c6nc7ccccc7c7c6ccc6c8ccccc8sc67)c5)cc4)cc(-c4ccccn4)n3)cc2)cc1. The van der Waals surface area contributed by atoms with E-state index in [-0.39, 0.29) is 0 Å². The second kappa shape index (κ2) is 13.7. The highest BCUT2D eigenvalue weighted by molar-refractivity contribution is 7.26. The summed E-state index contributed by atoms with van der Waals surface area (Å²) in [6.45, 7) is 0. The van der Waals surface area contributed by atoms with Crippen LogP contribution in [0.15, 0.2) is 194 Å². The molecule has 5 heteroatoms. The second-order valence-electron chi connectivity index (χ2n) is 14.2. The Morgan fingerprint density at radius 1 is 0.351 bits per heavy atom. The van der Waals surface area contributed by atoms with Crippen LogP contribution in [0.2, 0.25) is 0 Å². The molecule has 0 aliphatic rings. The molecule has 266 valence electrons. The first-order chi connectivity index (χ1) is 28.2. The number of pyridine rings is 2. The molecule has 11 rings (SSSR count). The third kappa shape index (κ3) is 5.93. The number of thiophene rings is 1. The van der Waals surface area contributed by atoms with Gasteiger partial charge in [-0.25, -0.2) is 15.0 Å². The Bertz CT molecular complexity index is 3270. The summed E-state index contributed by atoms with van der Waals surface area (Å²) in [5.74, 6) is 0.660. The zero-order chi connectivity index (χ0) is 37.7. The van der Waals surface area contributed by atoms with Crippen LogP contribution in [-0.2, 0) is 0 Å². The van der Waals surface area contributed by atoms with Crippen molar-refractivity contribution in [3.63, 3.8) is 0 Å². The molecule has 0 aliphatic heterocycles. The molecule has 0 radical (unpaired) electrons. The minimum Gasteiger partial charge on any atom is -0.255 e. The highest BCUT2D eigenvalue weighted by Crippen LogP contribution is 2.43. The maximum atomic E-state index is 5.29. The first-order valence-corrected chi connectivity index (χ1v) is 19.9. The van der Waals surface area contributed by atoms with E-state index < -0.39 is 0 Å². The van der Waals surface area contributed by atoms with E-state index in [4.69, 9.17) is 15.0 Å². The van der Waals surface area contributed by atoms with E-state index in [0.717, 1.165) is 61.7 Å². The number of hydrogen-bond donors (Lipinski definition) is 0. The van der Waals surface area contributed by atoms with E-state index in [9.17, 15) is 0 Å². The summed E-state index contributed by atoms with van der Waals surface area (Å²) in [5.41, 5.74) is 12.0. The molecule has 0 saturated heterocycles. The van der Waals surface area contributed by atoms with Crippen molar-refractivity contribution in [1.82, 2.24) is 19.9 Å². The molecule has 0 spiro atoms. The first-order valence-electron chi connectivity index (χ1n) is 19.0. The topological polar surface area (TPSA) is 51.6 Å². The van der Waals surface area contributed by atoms with Crippen LogP contribution < -0.4 is 0 Å². The average molecular weight is 745 g/mol. The smallest absolute Gasteiger partial charge is 0.160 e. The van der Waals surface area contributed by atoms with E-state index >= 15 is 0 Å². The van der Waals surface area contributed by atoms with Crippen LogP contribution in [0.3, 0.4) is 0 Å². The largest absolute Gasteiger partial charge is 0.255 e. The Morgan fingerprint density at radius 2 is 0.982 bits per heavy atom. The number of hydrogen-bond acceptors (Lipinski definition) is 5. The number of para-hydroxylation sites is 1. The Kier molecular flexibility index (Phi) is 7.97. The summed E-state index contributed by atoms with van der Waals surface area (Å²) in [5, 5.41) is 6.21. The molecular formula is C52H32N4S. The van der Waals surface area contributed by atoms with Gasteiger partial charge in [-0.2, -0.15) is 0 Å². The van der Waals surface area contributed by atoms with Gasteiger partial charge in [-0.15, -0.1) is 11.3 Å². The number of aromatic nitrogens is 4. The number of rotatable bonds is 6. The van der Waals surface area contributed by atoms with Gasteiger partial charge in [-0.3, -0.25) is 4.98 Å². The lowest BCUT2D eigenvalue weighted by Crippen LogP contribution is -1.97. The minimum atomic E-state index is 0.660. The number of benzene rings is 7. The van der Waals surface area contributed by atoms with Gasteiger partial charge < -0.3 is 0 Å². The Hall–Kier alpha value is -7.34. The van der Waals surface area contributed by atoms with Gasteiger partial charge in [0.1, 0.15) is 0 Å². The van der Waals surface area contributed by atoms with E-state index in [1.165, 1.54) is 41.9 Å². The van der Waals surface area contributed by atoms with Crippen molar-refractivity contribution in [3.8, 4) is 67.5 Å². The summed E-state index contributed by atoms with van der Waals surface area (Å²) in [7, 11) is 0. The molecule has 0 saturated carbocycles. The zero-order valence-corrected chi connectivity index (χ0v) is 31.5. The highest BCUT2D eigenvalue weighted by atomic mass is 32.1. The maximum Gasteiger partial charge on any atom is 0.160 e. The van der Waals surface area contributed by atoms with Gasteiger partial charge in [-0.1, -0.05) is 152 Å². The third-order valence-electron chi connectivity index (χ3n) is 10.8. The lowest BCUT2D eigenvalue weighted by Gasteiger charge is -2.13. The van der Waals surface area contributed by atoms with Crippen LogP contribution in [-0.4, -0.2) is 19.9 Å². The van der Waals surface area contributed by atoms with Crippen molar-refractivity contribution < 1.29 is 0 Å². The van der Waals surface area contributed by atoms with Crippen molar-refractivity contribution in [2.45, 2.75) is 0 Å². The van der Waals surface area contributed by atoms with Gasteiger partial charge in [0.2, 0.25) is 0 Å². The highest BCUT2D eigenvalue weighted by Gasteiger charge is 2.17. The van der Waals surface area contributed by atoms with Gasteiger partial charge in [0.05, 0.1) is 28.3 Å². The molecular weight excluding hydrogens is 713 g/mol. The van der Waals surface area contributed by atoms with Gasteiger partial charge >= 0.3 is 0 Å². The lowest BCUT2D eigenvalue weighted by atomic mass is 9.95. The molecule has 4 heterocycles. The molecule has 0 atom stereocenters. The Balaban J connectivity index is 0.978. The van der Waals surface area contributed by atoms with Gasteiger partial charge in [0, 0.05) is 59.2 Å². The predicted molar refractivity (Wildman–Crippen MR) is 238 cm³/mol. The van der Waals surface area contributed by atoms with Crippen LogP contribution in [0, 0.1) is 0 Å². The van der Waals surface area contributed by atoms with Gasteiger partial charge in [-0.05, 0) is 58.7 Å². The Morgan fingerprint density at radius 3 is 1.81 bits per heavy atom. The molecule has 4 nitrogen and oxygen atoms in total. The second-order valence-corrected chi connectivity index (χ2v) is 15.3. The normalized spacial score (nSPS) is 11.5. The monoisotopic (exact) mass is 744 g/mol. The number of nitrogens with zero attached hydrogens (tertiary/aromatic N) is 4. The van der Waals surface area contributed by atoms with Crippen LogP contribution in [0.4, 0.5) is 0 Å². The maximum absolute atomic E-state index is 5.29. The van der Waals surface area contributed by atoms with Crippen molar-refractivity contribution in [2.75, 3.05) is 0 Å². The van der Waals surface area contributed by atoms with Crippen molar-refractivity contribution in [2.24, 2.45) is 0 Å². The molecule has 0 bridgehead atoms. The molecule has 0 unspecified atom stereocenters. The lowest BCUT2D eigenvalue weighted by molar-refractivity contribution is 1.16. The standard InChI is InChI=1S/C52H32N4S/c1-2-11-33(12-3-1)34-22-26-37(27-23-34)52-55-46(32-47(56-52)45-18-8-9-30-53-45)36-24-20-35(21-25-36)38-13-10-14-39(31-38)50-43-29-28-41-40-15-5-7-19-48(40)57-51(41)49(43)42-16-4-6-17-44(42)54-50/h1-32H. The van der Waals surface area contributed by atoms with Crippen molar-refractivity contribution in [1.29, 1.82) is 0 Å². The van der Waals surface area contributed by atoms with Crippen LogP contribution in [0.25, 0.3) is 109 Å². The molecule has 11 aromatic rings. The van der Waals surface area contributed by atoms with E-state index in [1.807, 2.05) is 41.7 Å². The molecule has 4 aromatic heterocycles. The van der Waals surface area contributed by atoms with Gasteiger partial charge in [0.25, 0.3) is 0 Å². The Labute approximate surface area is 333 Å². The van der Waals surface area contributed by atoms with Crippen LogP contribution in [0.5, 0.6) is 0 Å². The molecule has 0 amide bonds. The summed E-state index contributed by atoms with van der Waals surface area (Å²) < 4.78 is 2.61. The summed E-state index contributed by atoms with van der Waals surface area (Å²) in [6.07, 6.45) is 1.80. The van der Waals surface area contributed by atoms with E-state index in [0.29, 0.717) is 5.82 Å². The summed E-state index contributed by atoms with van der Waals surface area (Å²) in [6, 6.07) is 66.0.